The molecule has 0 aliphatic carbocycles. The number of benzene rings is 2. The number of thiazole rings is 1. The van der Waals surface area contributed by atoms with Crippen LogP contribution < -0.4 is 14.4 Å². The summed E-state index contributed by atoms with van der Waals surface area (Å²) in [5, 5.41) is 0.641. The maximum Gasteiger partial charge on any atom is 0.260 e. The number of anilines is 1. The number of morpholine rings is 1. The van der Waals surface area contributed by atoms with Gasteiger partial charge in [-0.2, -0.15) is 0 Å². The molecule has 7 nitrogen and oxygen atoms in total. The molecule has 1 aliphatic rings. The Morgan fingerprint density at radius 3 is 2.56 bits per heavy atom. The van der Waals surface area contributed by atoms with Crippen molar-refractivity contribution in [1.82, 2.24) is 9.88 Å². The second-order valence-corrected chi connectivity index (χ2v) is 8.85. The van der Waals surface area contributed by atoms with Gasteiger partial charge in [-0.05, 0) is 37.6 Å². The Morgan fingerprint density at radius 2 is 1.84 bits per heavy atom. The van der Waals surface area contributed by atoms with Crippen LogP contribution in [0.25, 0.3) is 10.2 Å². The Bertz CT molecular complexity index is 1070. The highest BCUT2D eigenvalue weighted by atomic mass is 32.1. The molecule has 0 radical (unpaired) electrons. The Kier molecular flexibility index (Phi) is 6.93. The van der Waals surface area contributed by atoms with Gasteiger partial charge in [0.2, 0.25) is 0 Å². The van der Waals surface area contributed by atoms with Crippen molar-refractivity contribution in [2.24, 2.45) is 0 Å². The molecule has 0 bridgehead atoms. The molecule has 1 fully saturated rings. The van der Waals surface area contributed by atoms with E-state index in [1.807, 2.05) is 44.2 Å². The average molecular weight is 456 g/mol. The smallest absolute Gasteiger partial charge is 0.260 e. The Labute approximate surface area is 192 Å². The predicted octanol–water partition coefficient (Wildman–Crippen LogP) is 3.91. The van der Waals surface area contributed by atoms with E-state index in [0.29, 0.717) is 28.5 Å². The number of rotatable bonds is 7. The van der Waals surface area contributed by atoms with Crippen LogP contribution in [0.4, 0.5) is 5.13 Å². The van der Waals surface area contributed by atoms with Gasteiger partial charge in [0, 0.05) is 31.7 Å². The maximum atomic E-state index is 13.8. The Morgan fingerprint density at radius 1 is 1.12 bits per heavy atom. The van der Waals surface area contributed by atoms with Crippen LogP contribution in [0.15, 0.2) is 30.3 Å². The SMILES string of the molecule is COc1ccc(OC)c2sc(N(CCN3CCOCC3)C(=O)c3cc(C)ccc3C)nc12. The van der Waals surface area contributed by atoms with Crippen molar-refractivity contribution in [2.45, 2.75) is 13.8 Å². The van der Waals surface area contributed by atoms with Crippen LogP contribution in [-0.2, 0) is 4.74 Å². The van der Waals surface area contributed by atoms with Gasteiger partial charge in [0.1, 0.15) is 21.7 Å². The number of nitrogens with zero attached hydrogens (tertiary/aromatic N) is 3. The van der Waals surface area contributed by atoms with E-state index in [9.17, 15) is 4.79 Å². The topological polar surface area (TPSA) is 64.1 Å². The zero-order valence-corrected chi connectivity index (χ0v) is 19.8. The van der Waals surface area contributed by atoms with E-state index in [1.54, 1.807) is 19.1 Å². The number of methoxy groups -OCH3 is 2. The predicted molar refractivity (Wildman–Crippen MR) is 128 cm³/mol. The number of hydrogen-bond acceptors (Lipinski definition) is 7. The van der Waals surface area contributed by atoms with E-state index in [4.69, 9.17) is 19.2 Å². The van der Waals surface area contributed by atoms with Gasteiger partial charge in [0.15, 0.2) is 5.13 Å². The van der Waals surface area contributed by atoms with Gasteiger partial charge < -0.3 is 14.2 Å². The van der Waals surface area contributed by atoms with Crippen molar-refractivity contribution >= 4 is 32.6 Å². The molecule has 0 atom stereocenters. The second-order valence-electron chi connectivity index (χ2n) is 7.87. The average Bonchev–Trinajstić information content (AvgIpc) is 3.25. The van der Waals surface area contributed by atoms with E-state index in [2.05, 4.69) is 4.90 Å². The summed E-state index contributed by atoms with van der Waals surface area (Å²) in [6.45, 7) is 8.45. The first-order chi connectivity index (χ1) is 15.5. The van der Waals surface area contributed by atoms with Gasteiger partial charge >= 0.3 is 0 Å². The molecule has 32 heavy (non-hydrogen) atoms. The molecule has 1 aromatic heterocycles. The second kappa shape index (κ2) is 9.85. The number of carbonyl (C=O) groups excluding carboxylic acids is 1. The molecule has 1 amide bonds. The van der Waals surface area contributed by atoms with E-state index >= 15 is 0 Å². The molecule has 1 aliphatic heterocycles. The summed E-state index contributed by atoms with van der Waals surface area (Å²) >= 11 is 1.45. The van der Waals surface area contributed by atoms with Gasteiger partial charge in [0.05, 0.1) is 27.4 Å². The van der Waals surface area contributed by atoms with Gasteiger partial charge in [-0.1, -0.05) is 29.0 Å². The van der Waals surface area contributed by atoms with Crippen LogP contribution in [0.5, 0.6) is 11.5 Å². The molecular weight excluding hydrogens is 426 g/mol. The third-order valence-electron chi connectivity index (χ3n) is 5.74. The van der Waals surface area contributed by atoms with Crippen molar-refractivity contribution in [3.63, 3.8) is 0 Å². The lowest BCUT2D eigenvalue weighted by atomic mass is 10.0. The number of carbonyl (C=O) groups is 1. The highest BCUT2D eigenvalue weighted by Crippen LogP contribution is 2.40. The van der Waals surface area contributed by atoms with Gasteiger partial charge in [-0.3, -0.25) is 14.6 Å². The summed E-state index contributed by atoms with van der Waals surface area (Å²) in [6.07, 6.45) is 0. The number of ether oxygens (including phenoxy) is 3. The fourth-order valence-corrected chi connectivity index (χ4v) is 4.95. The van der Waals surface area contributed by atoms with Crippen LogP contribution >= 0.6 is 11.3 Å². The molecule has 0 unspecified atom stereocenters. The number of amides is 1. The first kappa shape index (κ1) is 22.5. The standard InChI is InChI=1S/C24H29N3O4S/c1-16-5-6-17(2)18(15-16)23(28)27(10-9-26-11-13-31-14-12-26)24-25-21-19(29-3)7-8-20(30-4)22(21)32-24/h5-8,15H,9-14H2,1-4H3. The molecule has 3 aromatic rings. The van der Waals surface area contributed by atoms with E-state index in [-0.39, 0.29) is 5.91 Å². The minimum absolute atomic E-state index is 0.0450. The third kappa shape index (κ3) is 4.57. The van der Waals surface area contributed by atoms with Crippen molar-refractivity contribution < 1.29 is 19.0 Å². The molecule has 2 aromatic carbocycles. The highest BCUT2D eigenvalue weighted by Gasteiger charge is 2.25. The Balaban J connectivity index is 1.74. The van der Waals surface area contributed by atoms with Gasteiger partial charge in [-0.25, -0.2) is 4.98 Å². The summed E-state index contributed by atoms with van der Waals surface area (Å²) in [5.74, 6) is 1.34. The third-order valence-corrected chi connectivity index (χ3v) is 6.83. The zero-order valence-electron chi connectivity index (χ0n) is 19.0. The van der Waals surface area contributed by atoms with Crippen LogP contribution in [-0.4, -0.2) is 69.4 Å². The molecular formula is C24H29N3O4S. The molecule has 0 N–H and O–H groups in total. The Hall–Kier alpha value is -2.68. The van der Waals surface area contributed by atoms with Crippen LogP contribution in [0, 0.1) is 13.8 Å². The monoisotopic (exact) mass is 455 g/mol. The highest BCUT2D eigenvalue weighted by molar-refractivity contribution is 7.22. The van der Waals surface area contributed by atoms with Crippen LogP contribution in [0.1, 0.15) is 21.5 Å². The first-order valence-corrected chi connectivity index (χ1v) is 11.5. The molecule has 2 heterocycles. The number of aromatic nitrogens is 1. The number of hydrogen-bond donors (Lipinski definition) is 0. The fourth-order valence-electron chi connectivity index (χ4n) is 3.85. The van der Waals surface area contributed by atoms with Crippen LogP contribution in [0.3, 0.4) is 0 Å². The van der Waals surface area contributed by atoms with Crippen molar-refractivity contribution in [3.8, 4) is 11.5 Å². The minimum atomic E-state index is -0.0450. The summed E-state index contributed by atoms with van der Waals surface area (Å²) < 4.78 is 17.4. The van der Waals surface area contributed by atoms with Crippen molar-refractivity contribution in [1.29, 1.82) is 0 Å². The summed E-state index contributed by atoms with van der Waals surface area (Å²) in [4.78, 5) is 22.7. The summed E-state index contributed by atoms with van der Waals surface area (Å²) in [7, 11) is 3.26. The summed E-state index contributed by atoms with van der Waals surface area (Å²) in [6, 6.07) is 9.68. The van der Waals surface area contributed by atoms with Gasteiger partial charge in [-0.15, -0.1) is 0 Å². The van der Waals surface area contributed by atoms with Crippen molar-refractivity contribution in [2.75, 3.05) is 58.5 Å². The van der Waals surface area contributed by atoms with Gasteiger partial charge in [0.25, 0.3) is 5.91 Å². The van der Waals surface area contributed by atoms with E-state index in [0.717, 1.165) is 54.4 Å². The summed E-state index contributed by atoms with van der Waals surface area (Å²) in [5.41, 5.74) is 3.41. The van der Waals surface area contributed by atoms with E-state index < -0.39 is 0 Å². The minimum Gasteiger partial charge on any atom is -0.495 e. The molecule has 170 valence electrons. The largest absolute Gasteiger partial charge is 0.495 e. The lowest BCUT2D eigenvalue weighted by Crippen LogP contribution is -2.43. The lowest BCUT2D eigenvalue weighted by Gasteiger charge is -2.29. The molecule has 8 heteroatoms. The molecule has 0 saturated carbocycles. The normalized spacial score (nSPS) is 14.5. The van der Waals surface area contributed by atoms with Crippen LogP contribution in [0.2, 0.25) is 0 Å². The first-order valence-electron chi connectivity index (χ1n) is 10.7. The van der Waals surface area contributed by atoms with Crippen molar-refractivity contribution in [3.05, 3.63) is 47.0 Å². The molecule has 1 saturated heterocycles. The lowest BCUT2D eigenvalue weighted by molar-refractivity contribution is 0.0391. The number of aryl methyl sites for hydroxylation is 2. The van der Waals surface area contributed by atoms with E-state index in [1.165, 1.54) is 11.3 Å². The maximum absolute atomic E-state index is 13.8. The quantitative estimate of drug-likeness (QED) is 0.538. The molecule has 0 spiro atoms. The zero-order chi connectivity index (χ0) is 22.7. The molecule has 4 rings (SSSR count). The fraction of sp³-hybridized carbons (Fsp3) is 0.417. The number of fused-ring (bicyclic) bond motifs is 1.